The SMILES string of the molecule is c1cc(-c2cccc3c2-c2ccccc2C32c3ccccc3-c3ccccc32)cc(-n2c3cccnc3c3c4oc5ccccc5c4ccc32)c1. The van der Waals surface area contributed by atoms with E-state index in [4.69, 9.17) is 9.40 Å². The number of fused-ring (bicyclic) bond motifs is 17. The molecule has 3 aromatic heterocycles. The van der Waals surface area contributed by atoms with E-state index < -0.39 is 0 Å². The molecule has 3 heteroatoms. The number of pyridine rings is 1. The maximum Gasteiger partial charge on any atom is 0.147 e. The Bertz CT molecular complexity index is 3060. The van der Waals surface area contributed by atoms with Crippen LogP contribution in [0.1, 0.15) is 22.3 Å². The number of rotatable bonds is 2. The van der Waals surface area contributed by atoms with Crippen molar-refractivity contribution in [1.82, 2.24) is 9.55 Å². The normalized spacial score (nSPS) is 13.6. The molecule has 0 radical (unpaired) electrons. The zero-order valence-electron chi connectivity index (χ0n) is 27.5. The molecule has 0 atom stereocenters. The van der Waals surface area contributed by atoms with Crippen LogP contribution in [0.15, 0.2) is 174 Å². The number of nitrogens with zero attached hydrogens (tertiary/aromatic N) is 2. The summed E-state index contributed by atoms with van der Waals surface area (Å²) in [5.41, 5.74) is 18.6. The molecule has 2 aliphatic carbocycles. The number of furan rings is 1. The zero-order valence-corrected chi connectivity index (χ0v) is 27.5. The van der Waals surface area contributed by atoms with Crippen molar-refractivity contribution in [2.24, 2.45) is 0 Å². The van der Waals surface area contributed by atoms with Gasteiger partial charge in [-0.2, -0.15) is 0 Å². The molecule has 0 aliphatic heterocycles. The Morgan fingerprint density at radius 2 is 1.16 bits per heavy atom. The number of para-hydroxylation sites is 1. The molecule has 1 spiro atoms. The average molecular weight is 649 g/mol. The van der Waals surface area contributed by atoms with Crippen LogP contribution in [0.4, 0.5) is 0 Å². The Balaban J connectivity index is 1.12. The molecule has 236 valence electrons. The second-order valence-corrected chi connectivity index (χ2v) is 13.8. The average Bonchev–Trinajstić information content (AvgIpc) is 3.91. The summed E-state index contributed by atoms with van der Waals surface area (Å²) in [5.74, 6) is 0. The van der Waals surface area contributed by atoms with Crippen LogP contribution >= 0.6 is 0 Å². The first-order valence-electron chi connectivity index (χ1n) is 17.6. The van der Waals surface area contributed by atoms with Crippen LogP contribution in [0, 0.1) is 0 Å². The maximum absolute atomic E-state index is 6.54. The highest BCUT2D eigenvalue weighted by molar-refractivity contribution is 6.22. The molecule has 0 saturated heterocycles. The van der Waals surface area contributed by atoms with E-state index in [0.717, 1.165) is 49.6 Å². The molecule has 3 heterocycles. The van der Waals surface area contributed by atoms with Crippen molar-refractivity contribution in [2.75, 3.05) is 0 Å². The van der Waals surface area contributed by atoms with Gasteiger partial charge in [-0.25, -0.2) is 0 Å². The van der Waals surface area contributed by atoms with Gasteiger partial charge in [-0.1, -0.05) is 121 Å². The van der Waals surface area contributed by atoms with Crippen LogP contribution in [-0.2, 0) is 5.41 Å². The van der Waals surface area contributed by atoms with Crippen LogP contribution in [0.25, 0.3) is 82.9 Å². The van der Waals surface area contributed by atoms with Gasteiger partial charge in [0, 0.05) is 22.7 Å². The van der Waals surface area contributed by atoms with Gasteiger partial charge in [0.2, 0.25) is 0 Å². The highest BCUT2D eigenvalue weighted by Gasteiger charge is 2.51. The summed E-state index contributed by atoms with van der Waals surface area (Å²) in [7, 11) is 0. The summed E-state index contributed by atoms with van der Waals surface area (Å²) < 4.78 is 8.89. The predicted octanol–water partition coefficient (Wildman–Crippen LogP) is 12.1. The van der Waals surface area contributed by atoms with E-state index in [0.29, 0.717) is 0 Å². The predicted molar refractivity (Wildman–Crippen MR) is 208 cm³/mol. The summed E-state index contributed by atoms with van der Waals surface area (Å²) in [6.45, 7) is 0. The highest BCUT2D eigenvalue weighted by atomic mass is 16.3. The number of hydrogen-bond donors (Lipinski definition) is 0. The quantitative estimate of drug-likeness (QED) is 0.187. The molecule has 10 aromatic rings. The summed E-state index contributed by atoms with van der Waals surface area (Å²) in [6.07, 6.45) is 1.88. The van der Waals surface area contributed by atoms with E-state index in [1.807, 2.05) is 24.4 Å². The third-order valence-electron chi connectivity index (χ3n) is 11.5. The highest BCUT2D eigenvalue weighted by Crippen LogP contribution is 2.63. The first-order chi connectivity index (χ1) is 25.3. The van der Waals surface area contributed by atoms with Crippen molar-refractivity contribution < 1.29 is 4.42 Å². The van der Waals surface area contributed by atoms with Gasteiger partial charge in [-0.15, -0.1) is 0 Å². The van der Waals surface area contributed by atoms with E-state index in [2.05, 4.69) is 150 Å². The summed E-state index contributed by atoms with van der Waals surface area (Å²) in [4.78, 5) is 4.93. The van der Waals surface area contributed by atoms with Crippen molar-refractivity contribution in [1.29, 1.82) is 0 Å². The minimum absolute atomic E-state index is 0.372. The second kappa shape index (κ2) is 9.71. The lowest BCUT2D eigenvalue weighted by molar-refractivity contribution is 0.673. The minimum atomic E-state index is -0.372. The van der Waals surface area contributed by atoms with Crippen LogP contribution in [0.5, 0.6) is 0 Å². The molecule has 51 heavy (non-hydrogen) atoms. The Morgan fingerprint density at radius 3 is 1.98 bits per heavy atom. The summed E-state index contributed by atoms with van der Waals surface area (Å²) in [5, 5.41) is 3.27. The van der Waals surface area contributed by atoms with Crippen LogP contribution < -0.4 is 0 Å². The fraction of sp³-hybridized carbons (Fsp3) is 0.0208. The monoisotopic (exact) mass is 648 g/mol. The molecule has 0 saturated carbocycles. The van der Waals surface area contributed by atoms with E-state index in [9.17, 15) is 0 Å². The zero-order chi connectivity index (χ0) is 33.3. The Hall–Kier alpha value is -6.71. The number of hydrogen-bond acceptors (Lipinski definition) is 2. The molecule has 7 aromatic carbocycles. The molecule has 0 bridgehead atoms. The van der Waals surface area contributed by atoms with Gasteiger partial charge in [0.05, 0.1) is 21.8 Å². The minimum Gasteiger partial charge on any atom is -0.455 e. The number of benzene rings is 7. The van der Waals surface area contributed by atoms with E-state index in [1.54, 1.807) is 0 Å². The van der Waals surface area contributed by atoms with Crippen molar-refractivity contribution in [3.05, 3.63) is 192 Å². The van der Waals surface area contributed by atoms with Gasteiger partial charge in [-0.3, -0.25) is 4.98 Å². The first kappa shape index (κ1) is 27.2. The van der Waals surface area contributed by atoms with Gasteiger partial charge in [0.1, 0.15) is 16.7 Å². The van der Waals surface area contributed by atoms with Crippen LogP contribution in [0.2, 0.25) is 0 Å². The topological polar surface area (TPSA) is 31.0 Å². The Kier molecular flexibility index (Phi) is 5.17. The summed E-state index contributed by atoms with van der Waals surface area (Å²) in [6, 6.07) is 59.8. The Morgan fingerprint density at radius 1 is 0.490 bits per heavy atom. The molecule has 0 unspecified atom stereocenters. The fourth-order valence-electron chi connectivity index (χ4n) is 9.57. The van der Waals surface area contributed by atoms with Gasteiger partial charge in [0.15, 0.2) is 0 Å². The van der Waals surface area contributed by atoms with Crippen LogP contribution in [-0.4, -0.2) is 9.55 Å². The fourth-order valence-corrected chi connectivity index (χ4v) is 9.57. The smallest absolute Gasteiger partial charge is 0.147 e. The standard InChI is InChI=1S/C48H28N2O/c1-5-19-37-32(14-1)33-15-2-6-20-38(33)48(37)39-21-7-3-17-36(39)44-31(18-10-22-40(44)48)29-12-9-13-30(28-29)50-41-26-25-35-34-16-4-8-24-43(34)51-47(35)45(41)46-42(50)23-11-27-49-46/h1-28H. The van der Waals surface area contributed by atoms with Gasteiger partial charge in [0.25, 0.3) is 0 Å². The lowest BCUT2D eigenvalue weighted by Crippen LogP contribution is -2.25. The van der Waals surface area contributed by atoms with Gasteiger partial charge >= 0.3 is 0 Å². The third kappa shape index (κ3) is 3.31. The van der Waals surface area contributed by atoms with Crippen molar-refractivity contribution in [3.63, 3.8) is 0 Å². The largest absolute Gasteiger partial charge is 0.455 e. The van der Waals surface area contributed by atoms with Crippen LogP contribution in [0.3, 0.4) is 0 Å². The lowest BCUT2D eigenvalue weighted by atomic mass is 9.70. The molecule has 0 amide bonds. The van der Waals surface area contributed by atoms with E-state index in [-0.39, 0.29) is 5.41 Å². The van der Waals surface area contributed by atoms with E-state index in [1.165, 1.54) is 55.6 Å². The van der Waals surface area contributed by atoms with Crippen molar-refractivity contribution in [3.8, 4) is 39.1 Å². The molecular formula is C48H28N2O. The first-order valence-corrected chi connectivity index (χ1v) is 17.6. The maximum atomic E-state index is 6.54. The summed E-state index contributed by atoms with van der Waals surface area (Å²) >= 11 is 0. The van der Waals surface area contributed by atoms with Gasteiger partial charge in [-0.05, 0) is 98.1 Å². The van der Waals surface area contributed by atoms with E-state index >= 15 is 0 Å². The second-order valence-electron chi connectivity index (χ2n) is 13.8. The van der Waals surface area contributed by atoms with Crippen molar-refractivity contribution >= 4 is 43.9 Å². The number of aromatic nitrogens is 2. The molecular weight excluding hydrogens is 621 g/mol. The lowest BCUT2D eigenvalue weighted by Gasteiger charge is -2.30. The molecule has 0 N–H and O–H groups in total. The molecule has 3 nitrogen and oxygen atoms in total. The van der Waals surface area contributed by atoms with Gasteiger partial charge < -0.3 is 8.98 Å². The third-order valence-corrected chi connectivity index (χ3v) is 11.5. The molecule has 2 aliphatic rings. The molecule has 12 rings (SSSR count). The molecule has 0 fully saturated rings. The Labute approximate surface area is 293 Å². The van der Waals surface area contributed by atoms with Crippen molar-refractivity contribution in [2.45, 2.75) is 5.41 Å².